The second kappa shape index (κ2) is 3.53. The molecule has 2 atom stereocenters. The highest BCUT2D eigenvalue weighted by atomic mass is 16.2. The lowest BCUT2D eigenvalue weighted by Gasteiger charge is -2.27. The molecule has 0 aliphatic carbocycles. The average molecular weight is 154 g/mol. The van der Waals surface area contributed by atoms with Crippen LogP contribution in [0, 0.1) is 5.92 Å². The fraction of sp³-hybridized carbons (Fsp3) is 0.625. The first-order chi connectivity index (χ1) is 5.25. The van der Waals surface area contributed by atoms with Gasteiger partial charge >= 0.3 is 0 Å². The number of nitrogens with one attached hydrogen (secondary N) is 1. The van der Waals surface area contributed by atoms with Crippen LogP contribution in [-0.4, -0.2) is 18.5 Å². The van der Waals surface area contributed by atoms with E-state index in [0.717, 1.165) is 19.4 Å². The third kappa shape index (κ3) is 1.80. The van der Waals surface area contributed by atoms with E-state index in [1.54, 1.807) is 0 Å². The summed E-state index contributed by atoms with van der Waals surface area (Å²) in [6, 6.07) is -0.332. The molecular weight excluding hydrogens is 140 g/mol. The summed E-state index contributed by atoms with van der Waals surface area (Å²) in [4.78, 5) is 11.0. The van der Waals surface area contributed by atoms with E-state index in [0.29, 0.717) is 5.92 Å². The van der Waals surface area contributed by atoms with Gasteiger partial charge in [0.1, 0.15) is 0 Å². The lowest BCUT2D eigenvalue weighted by Crippen LogP contribution is -2.50. The summed E-state index contributed by atoms with van der Waals surface area (Å²) in [5.74, 6) is 0.268. The third-order valence-electron chi connectivity index (χ3n) is 2.09. The highest BCUT2D eigenvalue weighted by Gasteiger charge is 2.26. The molecule has 1 aliphatic heterocycles. The van der Waals surface area contributed by atoms with Crippen LogP contribution < -0.4 is 11.1 Å². The van der Waals surface area contributed by atoms with E-state index in [4.69, 9.17) is 5.73 Å². The van der Waals surface area contributed by atoms with E-state index in [2.05, 4.69) is 11.9 Å². The lowest BCUT2D eigenvalue weighted by atomic mass is 9.90. The Morgan fingerprint density at radius 2 is 2.55 bits per heavy atom. The molecule has 1 saturated heterocycles. The van der Waals surface area contributed by atoms with E-state index in [9.17, 15) is 4.79 Å². The Kier molecular flexibility index (Phi) is 2.65. The normalized spacial score (nSPS) is 31.2. The molecule has 1 rings (SSSR count). The lowest BCUT2D eigenvalue weighted by molar-refractivity contribution is -0.125. The fourth-order valence-electron chi connectivity index (χ4n) is 1.37. The monoisotopic (exact) mass is 154 g/mol. The zero-order valence-corrected chi connectivity index (χ0v) is 6.55. The molecule has 0 aromatic carbocycles. The molecule has 0 aromatic heterocycles. The van der Waals surface area contributed by atoms with E-state index >= 15 is 0 Å². The minimum atomic E-state index is -0.332. The van der Waals surface area contributed by atoms with Crippen molar-refractivity contribution in [2.45, 2.75) is 18.9 Å². The molecule has 11 heavy (non-hydrogen) atoms. The van der Waals surface area contributed by atoms with Crippen LogP contribution in [0.2, 0.25) is 0 Å². The zero-order valence-electron chi connectivity index (χ0n) is 6.55. The van der Waals surface area contributed by atoms with Gasteiger partial charge in [-0.2, -0.15) is 0 Å². The van der Waals surface area contributed by atoms with Gasteiger partial charge in [-0.05, 0) is 18.8 Å². The van der Waals surface area contributed by atoms with Crippen molar-refractivity contribution in [3.8, 4) is 0 Å². The summed E-state index contributed by atoms with van der Waals surface area (Å²) < 4.78 is 0. The molecule has 3 nitrogen and oxygen atoms in total. The Balaban J connectivity index is 2.50. The first kappa shape index (κ1) is 8.27. The Hall–Kier alpha value is -0.830. The minimum absolute atomic E-state index is 0.0249. The van der Waals surface area contributed by atoms with Gasteiger partial charge < -0.3 is 11.1 Å². The molecule has 62 valence electrons. The van der Waals surface area contributed by atoms with Crippen molar-refractivity contribution < 1.29 is 4.79 Å². The molecule has 2 unspecified atom stereocenters. The van der Waals surface area contributed by atoms with Crippen LogP contribution in [0.3, 0.4) is 0 Å². The predicted molar refractivity (Wildman–Crippen MR) is 43.9 cm³/mol. The van der Waals surface area contributed by atoms with Crippen LogP contribution in [0.4, 0.5) is 0 Å². The van der Waals surface area contributed by atoms with Gasteiger partial charge in [0.25, 0.3) is 0 Å². The first-order valence-electron chi connectivity index (χ1n) is 3.90. The van der Waals surface area contributed by atoms with E-state index in [1.807, 2.05) is 6.08 Å². The SMILES string of the molecule is C=CCC1CCNC(=O)C1N. The second-order valence-corrected chi connectivity index (χ2v) is 2.89. The number of hydrogen-bond acceptors (Lipinski definition) is 2. The maximum absolute atomic E-state index is 11.0. The third-order valence-corrected chi connectivity index (χ3v) is 2.09. The van der Waals surface area contributed by atoms with Crippen molar-refractivity contribution in [3.63, 3.8) is 0 Å². The molecular formula is C8H14N2O. The Labute approximate surface area is 66.6 Å². The largest absolute Gasteiger partial charge is 0.355 e. The average Bonchev–Trinajstić information content (AvgIpc) is 1.99. The molecule has 3 heteroatoms. The van der Waals surface area contributed by atoms with Gasteiger partial charge in [-0.15, -0.1) is 6.58 Å². The topological polar surface area (TPSA) is 55.1 Å². The quantitative estimate of drug-likeness (QED) is 0.551. The van der Waals surface area contributed by atoms with Crippen LogP contribution in [0.5, 0.6) is 0 Å². The van der Waals surface area contributed by atoms with Gasteiger partial charge in [-0.3, -0.25) is 4.79 Å². The molecule has 0 radical (unpaired) electrons. The Morgan fingerprint density at radius 3 is 3.18 bits per heavy atom. The smallest absolute Gasteiger partial charge is 0.237 e. The summed E-state index contributed by atoms with van der Waals surface area (Å²) in [6.45, 7) is 4.38. The highest BCUT2D eigenvalue weighted by Crippen LogP contribution is 2.15. The van der Waals surface area contributed by atoms with Gasteiger partial charge in [-0.1, -0.05) is 6.08 Å². The summed E-state index contributed by atoms with van der Waals surface area (Å²) in [5.41, 5.74) is 5.65. The molecule has 1 aliphatic rings. The number of carbonyl (C=O) groups excluding carboxylic acids is 1. The zero-order chi connectivity index (χ0) is 8.27. The predicted octanol–water partition coefficient (Wildman–Crippen LogP) is 0.0259. The van der Waals surface area contributed by atoms with Gasteiger partial charge in [-0.25, -0.2) is 0 Å². The minimum Gasteiger partial charge on any atom is -0.355 e. The molecule has 1 fully saturated rings. The van der Waals surface area contributed by atoms with Crippen LogP contribution in [-0.2, 0) is 4.79 Å². The molecule has 1 amide bonds. The molecule has 0 saturated carbocycles. The van der Waals surface area contributed by atoms with Crippen molar-refractivity contribution in [2.24, 2.45) is 11.7 Å². The maximum atomic E-state index is 11.0. The first-order valence-corrected chi connectivity index (χ1v) is 3.90. The molecule has 0 bridgehead atoms. The maximum Gasteiger partial charge on any atom is 0.237 e. The van der Waals surface area contributed by atoms with E-state index < -0.39 is 0 Å². The van der Waals surface area contributed by atoms with Crippen molar-refractivity contribution in [1.29, 1.82) is 0 Å². The van der Waals surface area contributed by atoms with Crippen LogP contribution in [0.15, 0.2) is 12.7 Å². The standard InChI is InChI=1S/C8H14N2O/c1-2-3-6-4-5-10-8(11)7(6)9/h2,6-7H,1,3-5,9H2,(H,10,11). The molecule has 1 heterocycles. The van der Waals surface area contributed by atoms with E-state index in [1.165, 1.54) is 0 Å². The number of amides is 1. The van der Waals surface area contributed by atoms with Crippen molar-refractivity contribution in [2.75, 3.05) is 6.54 Å². The summed E-state index contributed by atoms with van der Waals surface area (Å²) in [6.07, 6.45) is 3.64. The number of nitrogens with two attached hydrogens (primary N) is 1. The number of rotatable bonds is 2. The number of allylic oxidation sites excluding steroid dienone is 1. The molecule has 0 aromatic rings. The van der Waals surface area contributed by atoms with Gasteiger partial charge in [0.15, 0.2) is 0 Å². The number of hydrogen-bond donors (Lipinski definition) is 2. The number of piperidine rings is 1. The highest BCUT2D eigenvalue weighted by molar-refractivity contribution is 5.82. The van der Waals surface area contributed by atoms with Gasteiger partial charge in [0, 0.05) is 6.54 Å². The summed E-state index contributed by atoms with van der Waals surface area (Å²) >= 11 is 0. The summed E-state index contributed by atoms with van der Waals surface area (Å²) in [7, 11) is 0. The van der Waals surface area contributed by atoms with Gasteiger partial charge in [0.2, 0.25) is 5.91 Å². The van der Waals surface area contributed by atoms with Crippen LogP contribution >= 0.6 is 0 Å². The fourth-order valence-corrected chi connectivity index (χ4v) is 1.37. The van der Waals surface area contributed by atoms with Crippen molar-refractivity contribution in [1.82, 2.24) is 5.32 Å². The Bertz CT molecular complexity index is 167. The summed E-state index contributed by atoms with van der Waals surface area (Å²) in [5, 5.41) is 2.72. The molecule has 0 spiro atoms. The van der Waals surface area contributed by atoms with E-state index in [-0.39, 0.29) is 11.9 Å². The van der Waals surface area contributed by atoms with Crippen molar-refractivity contribution in [3.05, 3.63) is 12.7 Å². The Morgan fingerprint density at radius 1 is 1.82 bits per heavy atom. The second-order valence-electron chi connectivity index (χ2n) is 2.89. The van der Waals surface area contributed by atoms with Crippen LogP contribution in [0.25, 0.3) is 0 Å². The van der Waals surface area contributed by atoms with Gasteiger partial charge in [0.05, 0.1) is 6.04 Å². The number of carbonyl (C=O) groups is 1. The van der Waals surface area contributed by atoms with Crippen LogP contribution in [0.1, 0.15) is 12.8 Å². The van der Waals surface area contributed by atoms with Crippen molar-refractivity contribution >= 4 is 5.91 Å². The molecule has 3 N–H and O–H groups in total.